The predicted molar refractivity (Wildman–Crippen MR) is 151 cm³/mol. The van der Waals surface area contributed by atoms with Crippen LogP contribution in [0.25, 0.3) is 0 Å². The molecular weight excluding hydrogens is 540 g/mol. The summed E-state index contributed by atoms with van der Waals surface area (Å²) in [5.74, 6) is -1.95. The quantitative estimate of drug-likeness (QED) is 0.241. The minimum Gasteiger partial charge on any atom is -0.445 e. The molecule has 1 aliphatic rings. The van der Waals surface area contributed by atoms with E-state index in [1.807, 2.05) is 60.7 Å². The van der Waals surface area contributed by atoms with Crippen molar-refractivity contribution in [3.8, 4) is 0 Å². The standard InChI is InChI=1S/C30H34N6O6/c37-26(13-15-36-14-7-12-27(36)38)35-29(40)25(17-23-18-31-20-32-23)33-28(39)24(16-21-8-3-1-4-9-21)34-30(41)42-19-22-10-5-2-6-11-22/h1-6,8-11,18,20,24-25H,7,12-17,19H2,(H,31,32)(H,33,39)(H,34,41)(H,35,37,40)/t24-,25-/m0/s1. The van der Waals surface area contributed by atoms with Crippen molar-refractivity contribution in [3.05, 3.63) is 90.0 Å². The maximum atomic E-state index is 13.5. The van der Waals surface area contributed by atoms with Crippen molar-refractivity contribution < 1.29 is 28.7 Å². The molecule has 4 rings (SSSR count). The Morgan fingerprint density at radius 3 is 2.24 bits per heavy atom. The average molecular weight is 575 g/mol. The van der Waals surface area contributed by atoms with Crippen molar-refractivity contribution in [1.29, 1.82) is 0 Å². The van der Waals surface area contributed by atoms with E-state index in [2.05, 4.69) is 25.9 Å². The van der Waals surface area contributed by atoms with Crippen molar-refractivity contribution in [2.75, 3.05) is 13.1 Å². The largest absolute Gasteiger partial charge is 0.445 e. The van der Waals surface area contributed by atoms with Gasteiger partial charge in [-0.3, -0.25) is 24.5 Å². The molecule has 2 heterocycles. The Kier molecular flexibility index (Phi) is 10.8. The highest BCUT2D eigenvalue weighted by Crippen LogP contribution is 2.10. The Hall–Kier alpha value is -5.00. The number of carbonyl (C=O) groups excluding carboxylic acids is 5. The SMILES string of the molecule is O=C(CCN1CCCC1=O)NC(=O)[C@H](Cc1c[nH]cn1)NC(=O)[C@H](Cc1ccccc1)NC(=O)OCc1ccccc1. The molecule has 0 bridgehead atoms. The van der Waals surface area contributed by atoms with Gasteiger partial charge in [0.15, 0.2) is 0 Å². The van der Waals surface area contributed by atoms with E-state index in [-0.39, 0.29) is 38.3 Å². The average Bonchev–Trinajstić information content (AvgIpc) is 3.66. The molecule has 42 heavy (non-hydrogen) atoms. The van der Waals surface area contributed by atoms with Gasteiger partial charge in [-0.2, -0.15) is 0 Å². The van der Waals surface area contributed by atoms with E-state index in [4.69, 9.17) is 4.74 Å². The molecule has 2 atom stereocenters. The summed E-state index contributed by atoms with van der Waals surface area (Å²) in [6.45, 7) is 0.811. The Bertz CT molecular complexity index is 1350. The number of H-pyrrole nitrogens is 1. The Labute approximate surface area is 243 Å². The second-order valence-corrected chi connectivity index (χ2v) is 9.92. The molecule has 4 N–H and O–H groups in total. The lowest BCUT2D eigenvalue weighted by Crippen LogP contribution is -2.55. The minimum atomic E-state index is -1.17. The number of rotatable bonds is 13. The summed E-state index contributed by atoms with van der Waals surface area (Å²) in [6.07, 6.45) is 3.50. The number of alkyl carbamates (subject to hydrolysis) is 1. The van der Waals surface area contributed by atoms with Crippen molar-refractivity contribution in [3.63, 3.8) is 0 Å². The number of hydrogen-bond acceptors (Lipinski definition) is 7. The zero-order valence-corrected chi connectivity index (χ0v) is 23.1. The topological polar surface area (TPSA) is 163 Å². The molecule has 0 spiro atoms. The number of benzene rings is 2. The number of aromatic amines is 1. The van der Waals surface area contributed by atoms with E-state index in [1.54, 1.807) is 11.1 Å². The fraction of sp³-hybridized carbons (Fsp3) is 0.333. The molecule has 1 fully saturated rings. The number of imidazole rings is 1. The molecule has 12 nitrogen and oxygen atoms in total. The van der Waals surface area contributed by atoms with E-state index < -0.39 is 35.9 Å². The first-order chi connectivity index (χ1) is 20.4. The highest BCUT2D eigenvalue weighted by atomic mass is 16.5. The number of nitrogens with zero attached hydrogens (tertiary/aromatic N) is 2. The van der Waals surface area contributed by atoms with E-state index in [9.17, 15) is 24.0 Å². The summed E-state index contributed by atoms with van der Waals surface area (Å²) in [5.41, 5.74) is 2.05. The van der Waals surface area contributed by atoms with Crippen LogP contribution < -0.4 is 16.0 Å². The molecule has 1 aromatic heterocycles. The van der Waals surface area contributed by atoms with Crippen LogP contribution in [-0.4, -0.2) is 69.8 Å². The smallest absolute Gasteiger partial charge is 0.408 e. The zero-order valence-electron chi connectivity index (χ0n) is 23.1. The number of amides is 5. The Balaban J connectivity index is 1.41. The van der Waals surface area contributed by atoms with Crippen LogP contribution >= 0.6 is 0 Å². The van der Waals surface area contributed by atoms with Gasteiger partial charge in [-0.05, 0) is 17.5 Å². The van der Waals surface area contributed by atoms with Crippen molar-refractivity contribution >= 4 is 29.7 Å². The number of likely N-dealkylation sites (tertiary alicyclic amines) is 1. The molecule has 1 aliphatic heterocycles. The fourth-order valence-electron chi connectivity index (χ4n) is 4.52. The van der Waals surface area contributed by atoms with Gasteiger partial charge >= 0.3 is 6.09 Å². The first-order valence-electron chi connectivity index (χ1n) is 13.8. The third kappa shape index (κ3) is 9.29. The van der Waals surface area contributed by atoms with Crippen molar-refractivity contribution in [2.24, 2.45) is 0 Å². The van der Waals surface area contributed by atoms with Gasteiger partial charge in [0.25, 0.3) is 0 Å². The highest BCUT2D eigenvalue weighted by molar-refractivity contribution is 6.00. The monoisotopic (exact) mass is 574 g/mol. The van der Waals surface area contributed by atoms with Crippen LogP contribution in [0.1, 0.15) is 36.1 Å². The summed E-state index contributed by atoms with van der Waals surface area (Å²) in [4.78, 5) is 72.2. The molecule has 0 unspecified atom stereocenters. The van der Waals surface area contributed by atoms with Gasteiger partial charge in [0, 0.05) is 45.0 Å². The number of aromatic nitrogens is 2. The van der Waals surface area contributed by atoms with E-state index >= 15 is 0 Å². The van der Waals surface area contributed by atoms with Gasteiger partial charge in [-0.15, -0.1) is 0 Å². The normalized spacial score (nSPS) is 14.1. The van der Waals surface area contributed by atoms with E-state index in [1.165, 1.54) is 6.33 Å². The summed E-state index contributed by atoms with van der Waals surface area (Å²) in [5, 5.41) is 7.60. The summed E-state index contributed by atoms with van der Waals surface area (Å²) in [7, 11) is 0. The second kappa shape index (κ2) is 15.1. The lowest BCUT2D eigenvalue weighted by molar-refractivity contribution is -0.135. The van der Waals surface area contributed by atoms with E-state index in [0.29, 0.717) is 18.7 Å². The molecule has 1 saturated heterocycles. The van der Waals surface area contributed by atoms with E-state index in [0.717, 1.165) is 17.5 Å². The third-order valence-corrected chi connectivity index (χ3v) is 6.75. The highest BCUT2D eigenvalue weighted by Gasteiger charge is 2.29. The number of hydrogen-bond donors (Lipinski definition) is 4. The molecular formula is C30H34N6O6. The van der Waals surface area contributed by atoms with Gasteiger partial charge in [0.2, 0.25) is 23.6 Å². The molecule has 2 aromatic carbocycles. The fourth-order valence-corrected chi connectivity index (χ4v) is 4.52. The van der Waals surface area contributed by atoms with Crippen LogP contribution in [0, 0.1) is 0 Å². The first kappa shape index (κ1) is 30.0. The number of carbonyl (C=O) groups is 5. The molecule has 0 radical (unpaired) electrons. The number of imide groups is 1. The summed E-state index contributed by atoms with van der Waals surface area (Å²) < 4.78 is 5.32. The zero-order chi connectivity index (χ0) is 29.7. The van der Waals surface area contributed by atoms with Gasteiger partial charge < -0.3 is 25.3 Å². The van der Waals surface area contributed by atoms with Gasteiger partial charge in [0.1, 0.15) is 18.7 Å². The Morgan fingerprint density at radius 2 is 1.60 bits per heavy atom. The lowest BCUT2D eigenvalue weighted by Gasteiger charge is -2.23. The van der Waals surface area contributed by atoms with Gasteiger partial charge in [0.05, 0.1) is 12.0 Å². The molecule has 220 valence electrons. The maximum Gasteiger partial charge on any atom is 0.408 e. The number of ether oxygens (including phenoxy) is 1. The lowest BCUT2D eigenvalue weighted by atomic mass is 10.0. The minimum absolute atomic E-state index is 0.00449. The third-order valence-electron chi connectivity index (χ3n) is 6.75. The second-order valence-electron chi connectivity index (χ2n) is 9.92. The van der Waals surface area contributed by atoms with Crippen molar-refractivity contribution in [1.82, 2.24) is 30.8 Å². The van der Waals surface area contributed by atoms with Gasteiger partial charge in [-0.25, -0.2) is 9.78 Å². The van der Waals surface area contributed by atoms with Crippen LogP contribution in [0.15, 0.2) is 73.2 Å². The molecule has 5 amide bonds. The van der Waals surface area contributed by atoms with Crippen LogP contribution in [0.5, 0.6) is 0 Å². The summed E-state index contributed by atoms with van der Waals surface area (Å²) in [6, 6.07) is 16.0. The number of nitrogens with one attached hydrogen (secondary N) is 4. The molecule has 12 heteroatoms. The molecule has 0 aliphatic carbocycles. The molecule has 0 saturated carbocycles. The predicted octanol–water partition coefficient (Wildman–Crippen LogP) is 1.63. The van der Waals surface area contributed by atoms with Crippen LogP contribution in [-0.2, 0) is 43.4 Å². The van der Waals surface area contributed by atoms with Crippen molar-refractivity contribution in [2.45, 2.75) is 50.8 Å². The Morgan fingerprint density at radius 1 is 0.905 bits per heavy atom. The van der Waals surface area contributed by atoms with Crippen LogP contribution in [0.2, 0.25) is 0 Å². The van der Waals surface area contributed by atoms with Crippen LogP contribution in [0.4, 0.5) is 4.79 Å². The maximum absolute atomic E-state index is 13.5. The summed E-state index contributed by atoms with van der Waals surface area (Å²) >= 11 is 0. The molecule has 3 aromatic rings. The van der Waals surface area contributed by atoms with Gasteiger partial charge in [-0.1, -0.05) is 60.7 Å². The first-order valence-corrected chi connectivity index (χ1v) is 13.8. The van der Waals surface area contributed by atoms with Crippen LogP contribution in [0.3, 0.4) is 0 Å².